The van der Waals surface area contributed by atoms with Crippen LogP contribution in [0, 0.1) is 0 Å². The molecule has 2 atom stereocenters. The summed E-state index contributed by atoms with van der Waals surface area (Å²) >= 11 is 0. The first-order valence-electron chi connectivity index (χ1n) is 4.49. The molecule has 74 valence electrons. The third kappa shape index (κ3) is 2.54. The third-order valence-corrected chi connectivity index (χ3v) is 2.02. The molecule has 0 radical (unpaired) electrons. The summed E-state index contributed by atoms with van der Waals surface area (Å²) in [7, 11) is 1.78. The minimum absolute atomic E-state index is 0.607. The zero-order valence-electron chi connectivity index (χ0n) is 8.01. The standard InChI is InChI=1S/C9H16N2O2/c1-3-4-8(12)9(13)7-5-10-11(2)6-7/h5-6,8-9,12-13H,3-4H2,1-2H3. The first-order valence-corrected chi connectivity index (χ1v) is 4.49. The Labute approximate surface area is 77.8 Å². The summed E-state index contributed by atoms with van der Waals surface area (Å²) in [5, 5.41) is 23.0. The number of rotatable bonds is 4. The minimum atomic E-state index is -0.811. The van der Waals surface area contributed by atoms with Crippen molar-refractivity contribution in [2.75, 3.05) is 0 Å². The lowest BCUT2D eigenvalue weighted by molar-refractivity contribution is 0.0130. The first kappa shape index (κ1) is 10.2. The highest BCUT2D eigenvalue weighted by atomic mass is 16.3. The number of hydrogen-bond acceptors (Lipinski definition) is 3. The van der Waals surface area contributed by atoms with Crippen LogP contribution in [-0.2, 0) is 7.05 Å². The Hall–Kier alpha value is -0.870. The lowest BCUT2D eigenvalue weighted by Crippen LogP contribution is -2.17. The first-order chi connectivity index (χ1) is 6.15. The van der Waals surface area contributed by atoms with Gasteiger partial charge in [-0.05, 0) is 6.42 Å². The molecular weight excluding hydrogens is 168 g/mol. The topological polar surface area (TPSA) is 58.3 Å². The van der Waals surface area contributed by atoms with E-state index in [2.05, 4.69) is 5.10 Å². The summed E-state index contributed by atoms with van der Waals surface area (Å²) in [4.78, 5) is 0. The molecule has 4 heteroatoms. The number of hydrogen-bond donors (Lipinski definition) is 2. The van der Waals surface area contributed by atoms with E-state index in [-0.39, 0.29) is 0 Å². The highest BCUT2D eigenvalue weighted by Gasteiger charge is 2.18. The highest BCUT2D eigenvalue weighted by Crippen LogP contribution is 2.18. The summed E-state index contributed by atoms with van der Waals surface area (Å²) in [6, 6.07) is 0. The molecule has 0 saturated heterocycles. The van der Waals surface area contributed by atoms with Crippen molar-refractivity contribution in [3.63, 3.8) is 0 Å². The van der Waals surface area contributed by atoms with E-state index in [1.807, 2.05) is 6.92 Å². The second-order valence-corrected chi connectivity index (χ2v) is 3.25. The van der Waals surface area contributed by atoms with Crippen molar-refractivity contribution in [1.29, 1.82) is 0 Å². The van der Waals surface area contributed by atoms with Crippen LogP contribution in [0.15, 0.2) is 12.4 Å². The predicted molar refractivity (Wildman–Crippen MR) is 49.1 cm³/mol. The molecular formula is C9H16N2O2. The van der Waals surface area contributed by atoms with Gasteiger partial charge in [-0.1, -0.05) is 13.3 Å². The van der Waals surface area contributed by atoms with E-state index >= 15 is 0 Å². The summed E-state index contributed by atoms with van der Waals surface area (Å²) in [6.45, 7) is 1.97. The molecule has 1 rings (SSSR count). The molecule has 0 fully saturated rings. The molecule has 4 nitrogen and oxygen atoms in total. The molecule has 0 spiro atoms. The monoisotopic (exact) mass is 184 g/mol. The average molecular weight is 184 g/mol. The van der Waals surface area contributed by atoms with Gasteiger partial charge in [-0.15, -0.1) is 0 Å². The third-order valence-electron chi connectivity index (χ3n) is 2.02. The van der Waals surface area contributed by atoms with Gasteiger partial charge in [0.25, 0.3) is 0 Å². The Morgan fingerprint density at radius 1 is 1.54 bits per heavy atom. The van der Waals surface area contributed by atoms with Gasteiger partial charge in [-0.25, -0.2) is 0 Å². The molecule has 0 saturated carbocycles. The van der Waals surface area contributed by atoms with Gasteiger partial charge in [0, 0.05) is 18.8 Å². The average Bonchev–Trinajstić information content (AvgIpc) is 2.51. The van der Waals surface area contributed by atoms with Gasteiger partial charge in [-0.2, -0.15) is 5.10 Å². The van der Waals surface area contributed by atoms with Gasteiger partial charge in [0.15, 0.2) is 0 Å². The van der Waals surface area contributed by atoms with Gasteiger partial charge >= 0.3 is 0 Å². The van der Waals surface area contributed by atoms with E-state index in [4.69, 9.17) is 0 Å². The minimum Gasteiger partial charge on any atom is -0.390 e. The second kappa shape index (κ2) is 4.39. The van der Waals surface area contributed by atoms with Gasteiger partial charge in [0.2, 0.25) is 0 Å². The van der Waals surface area contributed by atoms with Crippen LogP contribution in [0.1, 0.15) is 31.4 Å². The SMILES string of the molecule is CCCC(O)C(O)c1cnn(C)c1. The van der Waals surface area contributed by atoms with E-state index in [0.29, 0.717) is 12.0 Å². The largest absolute Gasteiger partial charge is 0.390 e. The Bertz CT molecular complexity index is 260. The summed E-state index contributed by atoms with van der Waals surface area (Å²) in [5.74, 6) is 0. The van der Waals surface area contributed by atoms with Crippen molar-refractivity contribution < 1.29 is 10.2 Å². The zero-order valence-corrected chi connectivity index (χ0v) is 8.01. The molecule has 0 aliphatic heterocycles. The fourth-order valence-corrected chi connectivity index (χ4v) is 1.27. The molecule has 1 heterocycles. The van der Waals surface area contributed by atoms with E-state index in [1.165, 1.54) is 0 Å². The van der Waals surface area contributed by atoms with E-state index in [1.54, 1.807) is 24.1 Å². The fraction of sp³-hybridized carbons (Fsp3) is 0.667. The highest BCUT2D eigenvalue weighted by molar-refractivity contribution is 5.09. The van der Waals surface area contributed by atoms with Crippen LogP contribution in [0.25, 0.3) is 0 Å². The van der Waals surface area contributed by atoms with Crippen molar-refractivity contribution in [2.24, 2.45) is 7.05 Å². The van der Waals surface area contributed by atoms with E-state index in [0.717, 1.165) is 6.42 Å². The molecule has 2 unspecified atom stereocenters. The number of aromatic nitrogens is 2. The number of aryl methyl sites for hydroxylation is 1. The second-order valence-electron chi connectivity index (χ2n) is 3.25. The summed E-state index contributed by atoms with van der Waals surface area (Å²) < 4.78 is 1.61. The van der Waals surface area contributed by atoms with Gasteiger partial charge in [0.05, 0.1) is 12.3 Å². The molecule has 13 heavy (non-hydrogen) atoms. The maximum Gasteiger partial charge on any atom is 0.108 e. The smallest absolute Gasteiger partial charge is 0.108 e. The Morgan fingerprint density at radius 2 is 2.23 bits per heavy atom. The molecule has 0 amide bonds. The summed E-state index contributed by atoms with van der Waals surface area (Å²) in [6.07, 6.45) is 3.25. The van der Waals surface area contributed by atoms with Crippen LogP contribution in [-0.4, -0.2) is 26.1 Å². The van der Waals surface area contributed by atoms with Crippen molar-refractivity contribution in [3.8, 4) is 0 Å². The normalized spacial score (nSPS) is 15.7. The zero-order chi connectivity index (χ0) is 9.84. The van der Waals surface area contributed by atoms with Gasteiger partial charge in [-0.3, -0.25) is 4.68 Å². The van der Waals surface area contributed by atoms with Crippen LogP contribution in [0.4, 0.5) is 0 Å². The lowest BCUT2D eigenvalue weighted by Gasteiger charge is -2.15. The van der Waals surface area contributed by atoms with Crippen LogP contribution < -0.4 is 0 Å². The number of aliphatic hydroxyl groups excluding tert-OH is 2. The van der Waals surface area contributed by atoms with Crippen LogP contribution in [0.5, 0.6) is 0 Å². The Morgan fingerprint density at radius 3 is 2.69 bits per heavy atom. The van der Waals surface area contributed by atoms with Crippen LogP contribution >= 0.6 is 0 Å². The lowest BCUT2D eigenvalue weighted by atomic mass is 10.0. The fourth-order valence-electron chi connectivity index (χ4n) is 1.27. The molecule has 2 N–H and O–H groups in total. The van der Waals surface area contributed by atoms with Crippen LogP contribution in [0.3, 0.4) is 0 Å². The predicted octanol–water partition coefficient (Wildman–Crippen LogP) is 0.614. The molecule has 0 bridgehead atoms. The maximum absolute atomic E-state index is 9.63. The van der Waals surface area contributed by atoms with Crippen molar-refractivity contribution >= 4 is 0 Å². The maximum atomic E-state index is 9.63. The van der Waals surface area contributed by atoms with Gasteiger partial charge < -0.3 is 10.2 Å². The molecule has 0 aliphatic rings. The van der Waals surface area contributed by atoms with E-state index < -0.39 is 12.2 Å². The molecule has 0 aliphatic carbocycles. The van der Waals surface area contributed by atoms with Crippen LogP contribution in [0.2, 0.25) is 0 Å². The summed E-state index contributed by atoms with van der Waals surface area (Å²) in [5.41, 5.74) is 0.670. The number of aliphatic hydroxyl groups is 2. The quantitative estimate of drug-likeness (QED) is 0.721. The van der Waals surface area contributed by atoms with Crippen molar-refractivity contribution in [1.82, 2.24) is 9.78 Å². The van der Waals surface area contributed by atoms with Crippen molar-refractivity contribution in [2.45, 2.75) is 32.0 Å². The van der Waals surface area contributed by atoms with E-state index in [9.17, 15) is 10.2 Å². The molecule has 1 aromatic rings. The Balaban J connectivity index is 2.61. The molecule has 1 aromatic heterocycles. The van der Waals surface area contributed by atoms with Gasteiger partial charge in [0.1, 0.15) is 6.10 Å². The number of nitrogens with zero attached hydrogens (tertiary/aromatic N) is 2. The Kier molecular flexibility index (Phi) is 3.45. The van der Waals surface area contributed by atoms with Crippen molar-refractivity contribution in [3.05, 3.63) is 18.0 Å². The molecule has 0 aromatic carbocycles.